The zero-order valence-corrected chi connectivity index (χ0v) is 15.3. The van der Waals surface area contributed by atoms with Crippen LogP contribution in [0.4, 0.5) is 8.78 Å². The fraction of sp³-hybridized carbons (Fsp3) is 0.412. The number of rotatable bonds is 6. The van der Waals surface area contributed by atoms with E-state index in [1.54, 1.807) is 39.0 Å². The van der Waals surface area contributed by atoms with E-state index in [4.69, 9.17) is 4.74 Å². The zero-order valence-electron chi connectivity index (χ0n) is 14.5. The SMILES string of the molecule is CCS(=O)(=O)c1cc(C)ccc1-c1ncnc(OCC(C)(F)F)c1C. The van der Waals surface area contributed by atoms with Gasteiger partial charge in [0.1, 0.15) is 6.33 Å². The smallest absolute Gasteiger partial charge is 0.278 e. The molecule has 1 aromatic heterocycles. The van der Waals surface area contributed by atoms with Crippen molar-refractivity contribution in [3.63, 3.8) is 0 Å². The predicted molar refractivity (Wildman–Crippen MR) is 90.8 cm³/mol. The largest absolute Gasteiger partial charge is 0.471 e. The molecular weight excluding hydrogens is 350 g/mol. The van der Waals surface area contributed by atoms with Gasteiger partial charge in [0.25, 0.3) is 5.92 Å². The number of sulfone groups is 1. The van der Waals surface area contributed by atoms with Gasteiger partial charge in [-0.05, 0) is 25.5 Å². The average Bonchev–Trinajstić information content (AvgIpc) is 2.53. The molecule has 0 saturated carbocycles. The molecule has 8 heteroatoms. The van der Waals surface area contributed by atoms with Crippen LogP contribution in [0.25, 0.3) is 11.3 Å². The quantitative estimate of drug-likeness (QED) is 0.777. The van der Waals surface area contributed by atoms with E-state index in [9.17, 15) is 17.2 Å². The van der Waals surface area contributed by atoms with Crippen molar-refractivity contribution in [2.24, 2.45) is 0 Å². The van der Waals surface area contributed by atoms with E-state index in [1.807, 2.05) is 0 Å². The molecule has 0 radical (unpaired) electrons. The minimum atomic E-state index is -3.49. The Bertz CT molecular complexity index is 878. The molecule has 25 heavy (non-hydrogen) atoms. The maximum absolute atomic E-state index is 13.0. The molecule has 0 aliphatic rings. The first-order valence-electron chi connectivity index (χ1n) is 7.71. The molecule has 1 aromatic carbocycles. The standard InChI is InChI=1S/C17H20F2N2O3S/c1-5-25(22,23)14-8-11(2)6-7-13(14)15-12(3)16(21-10-20-15)24-9-17(4,18)19/h6-8,10H,5,9H2,1-4H3. The lowest BCUT2D eigenvalue weighted by Crippen LogP contribution is -2.21. The third kappa shape index (κ3) is 4.50. The molecule has 0 aliphatic heterocycles. The number of benzene rings is 1. The van der Waals surface area contributed by atoms with Crippen molar-refractivity contribution in [1.82, 2.24) is 9.97 Å². The summed E-state index contributed by atoms with van der Waals surface area (Å²) in [7, 11) is -3.49. The molecule has 0 atom stereocenters. The maximum Gasteiger partial charge on any atom is 0.278 e. The molecule has 0 fully saturated rings. The third-order valence-corrected chi connectivity index (χ3v) is 5.38. The molecule has 0 spiro atoms. The fourth-order valence-corrected chi connectivity index (χ4v) is 3.46. The average molecular weight is 370 g/mol. The summed E-state index contributed by atoms with van der Waals surface area (Å²) < 4.78 is 56.0. The summed E-state index contributed by atoms with van der Waals surface area (Å²) in [6.07, 6.45) is 1.17. The molecule has 5 nitrogen and oxygen atoms in total. The molecular formula is C17H20F2N2O3S. The summed E-state index contributed by atoms with van der Waals surface area (Å²) >= 11 is 0. The number of alkyl halides is 2. The van der Waals surface area contributed by atoms with Crippen molar-refractivity contribution in [2.45, 2.75) is 38.5 Å². The Labute approximate surface area is 146 Å². The molecule has 2 aromatic rings. The molecule has 0 unspecified atom stereocenters. The van der Waals surface area contributed by atoms with Crippen LogP contribution in [-0.2, 0) is 9.84 Å². The zero-order chi connectivity index (χ0) is 18.8. The first kappa shape index (κ1) is 19.2. The molecule has 0 aliphatic carbocycles. The van der Waals surface area contributed by atoms with Crippen molar-refractivity contribution in [3.8, 4) is 17.1 Å². The molecule has 0 bridgehead atoms. The van der Waals surface area contributed by atoms with Crippen LogP contribution in [0.15, 0.2) is 29.4 Å². The van der Waals surface area contributed by atoms with Gasteiger partial charge >= 0.3 is 0 Å². The van der Waals surface area contributed by atoms with Gasteiger partial charge in [0, 0.05) is 18.1 Å². The fourth-order valence-electron chi connectivity index (χ4n) is 2.28. The second kappa shape index (κ2) is 7.03. The van der Waals surface area contributed by atoms with Crippen LogP contribution < -0.4 is 4.74 Å². The van der Waals surface area contributed by atoms with E-state index < -0.39 is 22.4 Å². The van der Waals surface area contributed by atoms with Crippen LogP contribution in [0.2, 0.25) is 0 Å². The first-order chi connectivity index (χ1) is 11.5. The van der Waals surface area contributed by atoms with E-state index in [-0.39, 0.29) is 16.5 Å². The van der Waals surface area contributed by atoms with E-state index in [0.29, 0.717) is 16.8 Å². The van der Waals surface area contributed by atoms with Gasteiger partial charge in [0.05, 0.1) is 16.3 Å². The van der Waals surface area contributed by atoms with Gasteiger partial charge in [-0.25, -0.2) is 27.2 Å². The van der Waals surface area contributed by atoms with Crippen LogP contribution in [0.1, 0.15) is 25.0 Å². The highest BCUT2D eigenvalue weighted by Gasteiger charge is 2.25. The van der Waals surface area contributed by atoms with Gasteiger partial charge in [-0.15, -0.1) is 0 Å². The Morgan fingerprint density at radius 1 is 1.20 bits per heavy atom. The number of nitrogens with zero attached hydrogens (tertiary/aromatic N) is 2. The first-order valence-corrected chi connectivity index (χ1v) is 9.36. The van der Waals surface area contributed by atoms with Crippen molar-refractivity contribution in [3.05, 3.63) is 35.7 Å². The van der Waals surface area contributed by atoms with Crippen LogP contribution in [0.5, 0.6) is 5.88 Å². The van der Waals surface area contributed by atoms with Gasteiger partial charge < -0.3 is 4.74 Å². The van der Waals surface area contributed by atoms with Gasteiger partial charge in [0.2, 0.25) is 5.88 Å². The Morgan fingerprint density at radius 3 is 2.48 bits per heavy atom. The van der Waals surface area contributed by atoms with Gasteiger partial charge in [-0.1, -0.05) is 19.1 Å². The molecule has 1 heterocycles. The second-order valence-electron chi connectivity index (χ2n) is 5.91. The van der Waals surface area contributed by atoms with Gasteiger partial charge in [-0.2, -0.15) is 0 Å². The van der Waals surface area contributed by atoms with E-state index in [0.717, 1.165) is 12.5 Å². The monoisotopic (exact) mass is 370 g/mol. The van der Waals surface area contributed by atoms with Crippen molar-refractivity contribution < 1.29 is 21.9 Å². The summed E-state index contributed by atoms with van der Waals surface area (Å²) in [5, 5.41) is 0. The van der Waals surface area contributed by atoms with Crippen LogP contribution in [-0.4, -0.2) is 36.7 Å². The summed E-state index contributed by atoms with van der Waals surface area (Å²) in [5.41, 5.74) is 1.95. The number of aryl methyl sites for hydroxylation is 1. The summed E-state index contributed by atoms with van der Waals surface area (Å²) in [6.45, 7) is 4.89. The van der Waals surface area contributed by atoms with Crippen LogP contribution in [0, 0.1) is 13.8 Å². The van der Waals surface area contributed by atoms with Gasteiger partial charge in [0.15, 0.2) is 16.4 Å². The Hall–Kier alpha value is -2.09. The van der Waals surface area contributed by atoms with E-state index in [2.05, 4.69) is 9.97 Å². The number of aromatic nitrogens is 2. The van der Waals surface area contributed by atoms with Gasteiger partial charge in [-0.3, -0.25) is 0 Å². The Morgan fingerprint density at radius 2 is 1.88 bits per heavy atom. The summed E-state index contributed by atoms with van der Waals surface area (Å²) in [4.78, 5) is 8.19. The van der Waals surface area contributed by atoms with Crippen molar-refractivity contribution in [2.75, 3.05) is 12.4 Å². The minimum absolute atomic E-state index is 0.00643. The van der Waals surface area contributed by atoms with Crippen LogP contribution >= 0.6 is 0 Å². The Kier molecular flexibility index (Phi) is 5.41. The second-order valence-corrected chi connectivity index (χ2v) is 8.16. The lowest BCUT2D eigenvalue weighted by molar-refractivity contribution is -0.0244. The number of ether oxygens (including phenoxy) is 1. The van der Waals surface area contributed by atoms with Crippen LogP contribution in [0.3, 0.4) is 0 Å². The topological polar surface area (TPSA) is 69.2 Å². The lowest BCUT2D eigenvalue weighted by Gasteiger charge is -2.16. The highest BCUT2D eigenvalue weighted by atomic mass is 32.2. The van der Waals surface area contributed by atoms with E-state index >= 15 is 0 Å². The molecule has 136 valence electrons. The summed E-state index contributed by atoms with van der Waals surface area (Å²) in [5.74, 6) is -3.05. The minimum Gasteiger partial charge on any atom is -0.471 e. The highest BCUT2D eigenvalue weighted by Crippen LogP contribution is 2.32. The molecule has 0 saturated heterocycles. The number of hydrogen-bond acceptors (Lipinski definition) is 5. The van der Waals surface area contributed by atoms with E-state index in [1.165, 1.54) is 6.33 Å². The van der Waals surface area contributed by atoms with Crippen molar-refractivity contribution in [1.29, 1.82) is 0 Å². The molecule has 0 amide bonds. The normalized spacial score (nSPS) is 12.2. The third-order valence-electron chi connectivity index (χ3n) is 3.61. The summed E-state index contributed by atoms with van der Waals surface area (Å²) in [6, 6.07) is 5.01. The predicted octanol–water partition coefficient (Wildman–Crippen LogP) is 3.59. The number of hydrogen-bond donors (Lipinski definition) is 0. The number of halogens is 2. The maximum atomic E-state index is 13.0. The lowest BCUT2D eigenvalue weighted by atomic mass is 10.1. The highest BCUT2D eigenvalue weighted by molar-refractivity contribution is 7.91. The molecule has 2 rings (SSSR count). The van der Waals surface area contributed by atoms with Crippen molar-refractivity contribution >= 4 is 9.84 Å². The Balaban J connectivity index is 2.57. The molecule has 0 N–H and O–H groups in total.